The number of aromatic nitrogens is 2. The molecule has 0 aromatic carbocycles. The minimum absolute atomic E-state index is 0.0781. The van der Waals surface area contributed by atoms with Gasteiger partial charge in [0.1, 0.15) is 12.1 Å². The Morgan fingerprint density at radius 1 is 1.44 bits per heavy atom. The van der Waals surface area contributed by atoms with Crippen molar-refractivity contribution in [3.63, 3.8) is 0 Å². The summed E-state index contributed by atoms with van der Waals surface area (Å²) in [5.74, 6) is -0.661. The molecule has 0 saturated heterocycles. The third kappa shape index (κ3) is 1.26. The molecular formula is C8H10F2N4O2. The fourth-order valence-electron chi connectivity index (χ4n) is 1.64. The van der Waals surface area contributed by atoms with E-state index in [1.807, 2.05) is 0 Å². The lowest BCUT2D eigenvalue weighted by molar-refractivity contribution is 0.0129. The van der Waals surface area contributed by atoms with Crippen LogP contribution in [-0.4, -0.2) is 45.9 Å². The van der Waals surface area contributed by atoms with E-state index in [1.165, 1.54) is 14.1 Å². The van der Waals surface area contributed by atoms with Gasteiger partial charge in [0.25, 0.3) is 5.91 Å². The molecule has 1 atom stereocenters. The lowest BCUT2D eigenvalue weighted by atomic mass is 10.3. The minimum atomic E-state index is -2.80. The van der Waals surface area contributed by atoms with Crippen molar-refractivity contribution in [3.8, 4) is 0 Å². The summed E-state index contributed by atoms with van der Waals surface area (Å²) in [4.78, 5) is 17.4. The molecule has 0 bridgehead atoms. The molecule has 1 unspecified atom stereocenters. The highest BCUT2D eigenvalue weighted by Crippen LogP contribution is 2.30. The second kappa shape index (κ2) is 3.41. The van der Waals surface area contributed by atoms with E-state index in [4.69, 9.17) is 0 Å². The molecule has 0 spiro atoms. The molecule has 0 fully saturated rings. The monoisotopic (exact) mass is 232 g/mol. The topological polar surface area (TPSA) is 61.6 Å². The van der Waals surface area contributed by atoms with Crippen LogP contribution in [0.2, 0.25) is 0 Å². The number of nitrogens with zero attached hydrogens (tertiary/aromatic N) is 4. The number of carbonyl (C=O) groups excluding carboxylic acids is 1. The predicted octanol–water partition coefficient (Wildman–Crippen LogP) is 0.0759. The van der Waals surface area contributed by atoms with Gasteiger partial charge >= 0.3 is 6.55 Å². The van der Waals surface area contributed by atoms with E-state index in [2.05, 4.69) is 4.98 Å². The van der Waals surface area contributed by atoms with Crippen LogP contribution >= 0.6 is 0 Å². The van der Waals surface area contributed by atoms with Gasteiger partial charge in [0.05, 0.1) is 0 Å². The quantitative estimate of drug-likeness (QED) is 0.744. The van der Waals surface area contributed by atoms with Crippen molar-refractivity contribution in [2.24, 2.45) is 0 Å². The number of hydrogen-bond donors (Lipinski definition) is 1. The lowest BCUT2D eigenvalue weighted by Crippen LogP contribution is -2.52. The van der Waals surface area contributed by atoms with Crippen molar-refractivity contribution in [3.05, 3.63) is 12.0 Å². The summed E-state index contributed by atoms with van der Waals surface area (Å²) in [7, 11) is 2.78. The zero-order chi connectivity index (χ0) is 12.0. The van der Waals surface area contributed by atoms with Crippen LogP contribution in [0.25, 0.3) is 0 Å². The van der Waals surface area contributed by atoms with Crippen LogP contribution in [0.15, 0.2) is 6.33 Å². The van der Waals surface area contributed by atoms with Gasteiger partial charge in [-0.05, 0) is 0 Å². The van der Waals surface area contributed by atoms with Crippen LogP contribution in [0.3, 0.4) is 0 Å². The van der Waals surface area contributed by atoms with Crippen LogP contribution < -0.4 is 4.90 Å². The van der Waals surface area contributed by atoms with Gasteiger partial charge in [-0.25, -0.2) is 4.98 Å². The number of amides is 1. The van der Waals surface area contributed by atoms with E-state index in [1.54, 1.807) is 0 Å². The van der Waals surface area contributed by atoms with Crippen molar-refractivity contribution < 1.29 is 18.7 Å². The first-order chi connectivity index (χ1) is 7.45. The number of aliphatic hydroxyl groups is 1. The second-order valence-corrected chi connectivity index (χ2v) is 3.48. The van der Waals surface area contributed by atoms with Crippen LogP contribution in [0, 0.1) is 0 Å². The molecule has 2 heterocycles. The summed E-state index contributed by atoms with van der Waals surface area (Å²) in [6.45, 7) is -2.80. The Morgan fingerprint density at radius 2 is 2.06 bits per heavy atom. The lowest BCUT2D eigenvalue weighted by Gasteiger charge is -2.36. The van der Waals surface area contributed by atoms with Gasteiger partial charge in [0.15, 0.2) is 5.69 Å². The molecule has 0 aliphatic carbocycles. The van der Waals surface area contributed by atoms with Crippen LogP contribution in [-0.2, 0) is 0 Å². The molecule has 1 aliphatic heterocycles. The normalized spacial score (nSPS) is 20.6. The Balaban J connectivity index is 2.57. The number of halogens is 2. The minimum Gasteiger partial charge on any atom is -0.356 e. The smallest absolute Gasteiger partial charge is 0.321 e. The third-order valence-corrected chi connectivity index (χ3v) is 2.53. The molecule has 1 N–H and O–H groups in total. The molecule has 6 nitrogen and oxygen atoms in total. The van der Waals surface area contributed by atoms with Crippen molar-refractivity contribution >= 4 is 11.7 Å². The van der Waals surface area contributed by atoms with E-state index < -0.39 is 18.8 Å². The van der Waals surface area contributed by atoms with E-state index in [0.29, 0.717) is 4.57 Å². The summed E-state index contributed by atoms with van der Waals surface area (Å²) in [6.07, 6.45) is -0.385. The number of anilines is 1. The largest absolute Gasteiger partial charge is 0.356 e. The summed E-state index contributed by atoms with van der Waals surface area (Å²) in [5, 5.41) is 9.63. The fourth-order valence-corrected chi connectivity index (χ4v) is 1.64. The number of rotatable bonds is 1. The average Bonchev–Trinajstić information content (AvgIpc) is 2.67. The zero-order valence-electron chi connectivity index (χ0n) is 8.63. The first-order valence-corrected chi connectivity index (χ1v) is 4.48. The molecule has 1 aliphatic rings. The van der Waals surface area contributed by atoms with Crippen LogP contribution in [0.5, 0.6) is 0 Å². The summed E-state index contributed by atoms with van der Waals surface area (Å²) in [5.41, 5.74) is -0.0874. The van der Waals surface area contributed by atoms with Gasteiger partial charge in [0, 0.05) is 14.1 Å². The molecule has 0 saturated carbocycles. The molecular weight excluding hydrogens is 222 g/mol. The Bertz CT molecular complexity index is 434. The molecule has 2 rings (SSSR count). The molecule has 1 aromatic heterocycles. The average molecular weight is 232 g/mol. The van der Waals surface area contributed by atoms with Gasteiger partial charge in [-0.3, -0.25) is 14.3 Å². The highest BCUT2D eigenvalue weighted by Gasteiger charge is 2.37. The number of alkyl halides is 2. The Hall–Kier alpha value is -1.70. The molecule has 1 aromatic rings. The first-order valence-electron chi connectivity index (χ1n) is 4.48. The van der Waals surface area contributed by atoms with E-state index in [0.717, 1.165) is 16.1 Å². The number of fused-ring (bicyclic) bond motifs is 1. The Kier molecular flexibility index (Phi) is 2.30. The summed E-state index contributed by atoms with van der Waals surface area (Å²) in [6, 6.07) is 0. The maximum Gasteiger partial charge on any atom is 0.321 e. The molecule has 8 heteroatoms. The van der Waals surface area contributed by atoms with Crippen LogP contribution in [0.4, 0.5) is 14.6 Å². The highest BCUT2D eigenvalue weighted by atomic mass is 19.3. The van der Waals surface area contributed by atoms with Crippen molar-refractivity contribution in [1.82, 2.24) is 14.5 Å². The van der Waals surface area contributed by atoms with E-state index in [-0.39, 0.29) is 11.5 Å². The third-order valence-electron chi connectivity index (χ3n) is 2.53. The number of imidazole rings is 1. The Labute approximate surface area is 89.7 Å². The van der Waals surface area contributed by atoms with Gasteiger partial charge in [-0.15, -0.1) is 0 Å². The molecule has 88 valence electrons. The van der Waals surface area contributed by atoms with Gasteiger partial charge < -0.3 is 10.0 Å². The number of hydrogen-bond acceptors (Lipinski definition) is 4. The molecule has 16 heavy (non-hydrogen) atoms. The van der Waals surface area contributed by atoms with E-state index >= 15 is 0 Å². The predicted molar refractivity (Wildman–Crippen MR) is 50.0 cm³/mol. The van der Waals surface area contributed by atoms with Gasteiger partial charge in [0.2, 0.25) is 6.35 Å². The SMILES string of the molecule is CN1C(=O)c2ncn(C(F)F)c2N(C)C1O. The maximum atomic E-state index is 12.6. The van der Waals surface area contributed by atoms with E-state index in [9.17, 15) is 18.7 Å². The van der Waals surface area contributed by atoms with Gasteiger partial charge in [-0.2, -0.15) is 8.78 Å². The standard InChI is InChI=1S/C8H10F2N4O2/c1-12-5-4(6(15)13(2)8(12)16)11-3-14(5)7(9)10/h3,7-8,16H,1-2H3. The molecule has 0 radical (unpaired) electrons. The number of carbonyl (C=O) groups is 1. The second-order valence-electron chi connectivity index (χ2n) is 3.48. The van der Waals surface area contributed by atoms with Crippen LogP contribution in [0.1, 0.15) is 17.0 Å². The van der Waals surface area contributed by atoms with Gasteiger partial charge in [-0.1, -0.05) is 0 Å². The first kappa shape index (κ1) is 10.8. The van der Waals surface area contributed by atoms with Crippen molar-refractivity contribution in [2.45, 2.75) is 12.9 Å². The summed E-state index contributed by atoms with van der Waals surface area (Å²) < 4.78 is 25.8. The Morgan fingerprint density at radius 3 is 2.62 bits per heavy atom. The van der Waals surface area contributed by atoms with Crippen molar-refractivity contribution in [1.29, 1.82) is 0 Å². The highest BCUT2D eigenvalue weighted by molar-refractivity contribution is 5.99. The molecule has 1 amide bonds. The number of aliphatic hydroxyl groups excluding tert-OH is 1. The van der Waals surface area contributed by atoms with Crippen molar-refractivity contribution in [2.75, 3.05) is 19.0 Å². The zero-order valence-corrected chi connectivity index (χ0v) is 8.63. The maximum absolute atomic E-state index is 12.6. The summed E-state index contributed by atoms with van der Waals surface area (Å²) >= 11 is 0. The fraction of sp³-hybridized carbons (Fsp3) is 0.500.